The summed E-state index contributed by atoms with van der Waals surface area (Å²) in [5, 5.41) is 5.30. The number of benzene rings is 1. The number of aryl methyl sites for hydroxylation is 1. The highest BCUT2D eigenvalue weighted by molar-refractivity contribution is 5.97. The number of methoxy groups -OCH3 is 1. The Kier molecular flexibility index (Phi) is 5.99. The number of hydrogen-bond acceptors (Lipinski definition) is 4. The van der Waals surface area contributed by atoms with E-state index in [-0.39, 0.29) is 11.8 Å². The molecule has 0 aliphatic carbocycles. The molecule has 0 aliphatic rings. The smallest absolute Gasteiger partial charge is 0.251 e. The topological polar surface area (TPSA) is 93.5 Å². The van der Waals surface area contributed by atoms with E-state index in [1.165, 1.54) is 0 Å². The van der Waals surface area contributed by atoms with Crippen molar-refractivity contribution in [1.29, 1.82) is 0 Å². The minimum absolute atomic E-state index is 0.248. The number of hydrogen-bond donors (Lipinski definition) is 3. The summed E-state index contributed by atoms with van der Waals surface area (Å²) < 4.78 is 4.83. The highest BCUT2D eigenvalue weighted by Gasteiger charge is 2.16. The molecule has 2 amide bonds. The molecule has 0 aliphatic heterocycles. The van der Waals surface area contributed by atoms with Crippen molar-refractivity contribution in [2.45, 2.75) is 19.9 Å². The number of rotatable bonds is 6. The lowest BCUT2D eigenvalue weighted by Crippen LogP contribution is -2.45. The van der Waals surface area contributed by atoms with Gasteiger partial charge in [-0.2, -0.15) is 0 Å². The molecule has 0 bridgehead atoms. The van der Waals surface area contributed by atoms with E-state index in [1.807, 2.05) is 6.92 Å². The van der Waals surface area contributed by atoms with E-state index in [0.717, 1.165) is 5.56 Å². The molecule has 6 nitrogen and oxygen atoms in total. The van der Waals surface area contributed by atoms with Gasteiger partial charge < -0.3 is 21.1 Å². The van der Waals surface area contributed by atoms with Crippen LogP contribution in [0.3, 0.4) is 0 Å². The van der Waals surface area contributed by atoms with Crippen LogP contribution in [0.1, 0.15) is 22.8 Å². The van der Waals surface area contributed by atoms with Gasteiger partial charge in [0.1, 0.15) is 6.04 Å². The molecule has 0 heterocycles. The van der Waals surface area contributed by atoms with Crippen molar-refractivity contribution in [3.8, 4) is 0 Å². The minimum atomic E-state index is -0.614. The molecule has 0 fully saturated rings. The Morgan fingerprint density at radius 3 is 2.70 bits per heavy atom. The van der Waals surface area contributed by atoms with Gasteiger partial charge in [0.2, 0.25) is 5.91 Å². The monoisotopic (exact) mass is 279 g/mol. The van der Waals surface area contributed by atoms with Crippen LogP contribution in [-0.2, 0) is 9.53 Å². The van der Waals surface area contributed by atoms with Crippen LogP contribution < -0.4 is 16.4 Å². The van der Waals surface area contributed by atoms with Crippen molar-refractivity contribution in [3.63, 3.8) is 0 Å². The first-order valence-corrected chi connectivity index (χ1v) is 6.39. The van der Waals surface area contributed by atoms with Gasteiger partial charge in [-0.15, -0.1) is 0 Å². The molecule has 4 N–H and O–H groups in total. The summed E-state index contributed by atoms with van der Waals surface area (Å²) in [5.41, 5.74) is 7.64. The maximum absolute atomic E-state index is 12.0. The molecule has 1 unspecified atom stereocenters. The Bertz CT molecular complexity index is 489. The predicted octanol–water partition coefficient (Wildman–Crippen LogP) is 0.458. The molecule has 1 aromatic rings. The van der Waals surface area contributed by atoms with Gasteiger partial charge in [0, 0.05) is 24.9 Å². The predicted molar refractivity (Wildman–Crippen MR) is 77.4 cm³/mol. The van der Waals surface area contributed by atoms with Gasteiger partial charge in [-0.05, 0) is 37.6 Å². The van der Waals surface area contributed by atoms with Crippen molar-refractivity contribution < 1.29 is 14.3 Å². The largest absolute Gasteiger partial charge is 0.399 e. The fraction of sp³-hybridized carbons (Fsp3) is 0.429. The maximum Gasteiger partial charge on any atom is 0.251 e. The van der Waals surface area contributed by atoms with Crippen molar-refractivity contribution in [2.75, 3.05) is 26.0 Å². The van der Waals surface area contributed by atoms with Crippen LogP contribution in [0.2, 0.25) is 0 Å². The average molecular weight is 279 g/mol. The Morgan fingerprint density at radius 1 is 1.40 bits per heavy atom. The van der Waals surface area contributed by atoms with E-state index in [2.05, 4.69) is 10.6 Å². The lowest BCUT2D eigenvalue weighted by molar-refractivity contribution is -0.122. The molecule has 6 heteroatoms. The molecule has 0 aromatic heterocycles. The zero-order valence-corrected chi connectivity index (χ0v) is 12.0. The quantitative estimate of drug-likeness (QED) is 0.521. The summed E-state index contributed by atoms with van der Waals surface area (Å²) in [6, 6.07) is 4.39. The fourth-order valence-corrected chi connectivity index (χ4v) is 1.59. The second-order valence-electron chi connectivity index (χ2n) is 4.55. The van der Waals surface area contributed by atoms with Crippen LogP contribution >= 0.6 is 0 Å². The van der Waals surface area contributed by atoms with E-state index in [9.17, 15) is 9.59 Å². The van der Waals surface area contributed by atoms with Gasteiger partial charge in [0.15, 0.2) is 0 Å². The van der Waals surface area contributed by atoms with Crippen LogP contribution in [0.5, 0.6) is 0 Å². The number of nitrogens with one attached hydrogen (secondary N) is 2. The third-order valence-corrected chi connectivity index (χ3v) is 2.88. The standard InChI is InChI=1S/C14H21N3O3/c1-9-8-11(4-5-12(9)15)14(19)17-10(2)13(18)16-6-7-20-3/h4-5,8,10H,6-7,15H2,1-3H3,(H,16,18)(H,17,19). The van der Waals surface area contributed by atoms with Crippen molar-refractivity contribution in [3.05, 3.63) is 29.3 Å². The van der Waals surface area contributed by atoms with Crippen LogP contribution in [-0.4, -0.2) is 38.1 Å². The summed E-state index contributed by atoms with van der Waals surface area (Å²) in [5.74, 6) is -0.551. The first-order valence-electron chi connectivity index (χ1n) is 6.39. The number of amides is 2. The van der Waals surface area contributed by atoms with Gasteiger partial charge >= 0.3 is 0 Å². The molecule has 1 aromatic carbocycles. The zero-order valence-electron chi connectivity index (χ0n) is 12.0. The number of nitrogens with two attached hydrogens (primary N) is 1. The molecular formula is C14H21N3O3. The fourth-order valence-electron chi connectivity index (χ4n) is 1.59. The number of carbonyl (C=O) groups excluding carboxylic acids is 2. The Labute approximate surface area is 118 Å². The lowest BCUT2D eigenvalue weighted by atomic mass is 10.1. The molecular weight excluding hydrogens is 258 g/mol. The first-order chi connectivity index (χ1) is 9.45. The van der Waals surface area contributed by atoms with E-state index >= 15 is 0 Å². The Hall–Kier alpha value is -2.08. The van der Waals surface area contributed by atoms with Crippen molar-refractivity contribution in [1.82, 2.24) is 10.6 Å². The third kappa shape index (κ3) is 4.55. The van der Waals surface area contributed by atoms with Crippen LogP contribution in [0, 0.1) is 6.92 Å². The van der Waals surface area contributed by atoms with E-state index < -0.39 is 6.04 Å². The lowest BCUT2D eigenvalue weighted by Gasteiger charge is -2.14. The molecule has 0 radical (unpaired) electrons. The summed E-state index contributed by atoms with van der Waals surface area (Å²) in [6.45, 7) is 4.30. The van der Waals surface area contributed by atoms with Crippen LogP contribution in [0.4, 0.5) is 5.69 Å². The SMILES string of the molecule is COCCNC(=O)C(C)NC(=O)c1ccc(N)c(C)c1. The molecule has 20 heavy (non-hydrogen) atoms. The molecule has 0 saturated heterocycles. The molecule has 110 valence electrons. The molecule has 0 spiro atoms. The first kappa shape index (κ1) is 16.0. The highest BCUT2D eigenvalue weighted by Crippen LogP contribution is 2.12. The molecule has 1 rings (SSSR count). The third-order valence-electron chi connectivity index (χ3n) is 2.88. The van der Waals surface area contributed by atoms with Crippen molar-refractivity contribution >= 4 is 17.5 Å². The number of carbonyl (C=O) groups is 2. The van der Waals surface area contributed by atoms with E-state index in [4.69, 9.17) is 10.5 Å². The van der Waals surface area contributed by atoms with Crippen molar-refractivity contribution in [2.24, 2.45) is 0 Å². The maximum atomic E-state index is 12.0. The van der Waals surface area contributed by atoms with Gasteiger partial charge in [-0.3, -0.25) is 9.59 Å². The summed E-state index contributed by atoms with van der Waals surface area (Å²) in [4.78, 5) is 23.7. The number of anilines is 1. The molecule has 1 atom stereocenters. The zero-order chi connectivity index (χ0) is 15.1. The Morgan fingerprint density at radius 2 is 2.10 bits per heavy atom. The van der Waals surface area contributed by atoms with E-state index in [0.29, 0.717) is 24.4 Å². The van der Waals surface area contributed by atoms with Gasteiger partial charge in [-0.25, -0.2) is 0 Å². The van der Waals surface area contributed by atoms with Gasteiger partial charge in [0.25, 0.3) is 5.91 Å². The minimum Gasteiger partial charge on any atom is -0.399 e. The number of ether oxygens (including phenoxy) is 1. The average Bonchev–Trinajstić information content (AvgIpc) is 2.41. The van der Waals surface area contributed by atoms with Gasteiger partial charge in [0.05, 0.1) is 6.61 Å². The normalized spacial score (nSPS) is 11.8. The van der Waals surface area contributed by atoms with E-state index in [1.54, 1.807) is 32.2 Å². The van der Waals surface area contributed by atoms with Crippen LogP contribution in [0.25, 0.3) is 0 Å². The Balaban J connectivity index is 2.56. The second-order valence-corrected chi connectivity index (χ2v) is 4.55. The highest BCUT2D eigenvalue weighted by atomic mass is 16.5. The summed E-state index contributed by atoms with van der Waals surface area (Å²) in [7, 11) is 1.56. The number of nitrogen functional groups attached to an aromatic ring is 1. The molecule has 0 saturated carbocycles. The summed E-state index contributed by atoms with van der Waals surface area (Å²) >= 11 is 0. The second kappa shape index (κ2) is 7.49. The summed E-state index contributed by atoms with van der Waals surface area (Å²) in [6.07, 6.45) is 0. The van der Waals surface area contributed by atoms with Crippen LogP contribution in [0.15, 0.2) is 18.2 Å². The van der Waals surface area contributed by atoms with Gasteiger partial charge in [-0.1, -0.05) is 0 Å².